The molecule has 0 radical (unpaired) electrons. The van der Waals surface area contributed by atoms with Crippen LogP contribution in [0.4, 0.5) is 0 Å². The van der Waals surface area contributed by atoms with Crippen molar-refractivity contribution in [1.82, 2.24) is 0 Å². The lowest BCUT2D eigenvalue weighted by molar-refractivity contribution is 0.159. The number of rotatable bonds is 8. The summed E-state index contributed by atoms with van der Waals surface area (Å²) in [5.74, 6) is 0.886. The molecule has 0 bridgehead atoms. The van der Waals surface area contributed by atoms with E-state index in [2.05, 4.69) is 194 Å². The summed E-state index contributed by atoms with van der Waals surface area (Å²) in [4.78, 5) is 0. The Kier molecular flexibility index (Phi) is 9.23. The van der Waals surface area contributed by atoms with Crippen LogP contribution in [0.25, 0.3) is 76.5 Å². The summed E-state index contributed by atoms with van der Waals surface area (Å²) >= 11 is 0. The van der Waals surface area contributed by atoms with Crippen LogP contribution in [0.15, 0.2) is 206 Å². The Morgan fingerprint density at radius 1 is 0.383 bits per heavy atom. The molecule has 60 heavy (non-hydrogen) atoms. The van der Waals surface area contributed by atoms with Crippen LogP contribution in [-0.2, 0) is 9.31 Å². The molecule has 0 spiro atoms. The molecule has 0 aliphatic carbocycles. The molecule has 1 aliphatic rings. The number of hydrogen-bond donors (Lipinski definition) is 0. The topological polar surface area (TPSA) is 27.7 Å². The van der Waals surface area contributed by atoms with E-state index in [4.69, 9.17) is 14.0 Å². The van der Waals surface area contributed by atoms with Crippen LogP contribution < -0.4 is 10.2 Å². The van der Waals surface area contributed by atoms with E-state index < -0.39 is 7.12 Å². The lowest BCUT2D eigenvalue weighted by Gasteiger charge is -2.21. The van der Waals surface area contributed by atoms with Gasteiger partial charge in [0.2, 0.25) is 0 Å². The maximum absolute atomic E-state index is 7.13. The van der Waals surface area contributed by atoms with Crippen molar-refractivity contribution in [3.8, 4) is 39.1 Å². The van der Waals surface area contributed by atoms with Crippen LogP contribution in [0.1, 0.15) is 30.3 Å². The van der Waals surface area contributed by atoms with Gasteiger partial charge in [-0.05, 0) is 149 Å². The molecule has 0 saturated carbocycles. The molecule has 10 aromatic rings. The van der Waals surface area contributed by atoms with Crippen molar-refractivity contribution in [3.63, 3.8) is 0 Å². The number of ether oxygens (including phenoxy) is 1. The van der Waals surface area contributed by atoms with Gasteiger partial charge in [-0.15, -0.1) is 0 Å². The zero-order valence-corrected chi connectivity index (χ0v) is 33.3. The molecule has 0 N–H and O–H groups in total. The molecule has 0 amide bonds. The van der Waals surface area contributed by atoms with Crippen LogP contribution in [0.5, 0.6) is 5.75 Å². The molecule has 1 fully saturated rings. The summed E-state index contributed by atoms with van der Waals surface area (Å²) in [6.07, 6.45) is -0.586. The third-order valence-corrected chi connectivity index (χ3v) is 12.0. The van der Waals surface area contributed by atoms with Gasteiger partial charge >= 0.3 is 7.12 Å². The Labute approximate surface area is 350 Å². The summed E-state index contributed by atoms with van der Waals surface area (Å²) in [6, 6.07) is 74.2. The minimum atomic E-state index is -0.627. The van der Waals surface area contributed by atoms with E-state index in [0.717, 1.165) is 66.3 Å². The van der Waals surface area contributed by atoms with Crippen molar-refractivity contribution >= 4 is 55.7 Å². The van der Waals surface area contributed by atoms with Gasteiger partial charge in [-0.3, -0.25) is 0 Å². The highest BCUT2D eigenvalue weighted by Crippen LogP contribution is 2.46. The van der Waals surface area contributed by atoms with Gasteiger partial charge in [-0.2, -0.15) is 0 Å². The highest BCUT2D eigenvalue weighted by Gasteiger charge is 2.43. The van der Waals surface area contributed by atoms with Crippen LogP contribution in [-0.4, -0.2) is 13.7 Å². The third kappa shape index (κ3) is 6.61. The fourth-order valence-electron chi connectivity index (χ4n) is 9.10. The molecule has 0 unspecified atom stereocenters. The van der Waals surface area contributed by atoms with Crippen molar-refractivity contribution in [2.75, 3.05) is 6.61 Å². The van der Waals surface area contributed by atoms with Gasteiger partial charge in [-0.1, -0.05) is 158 Å². The summed E-state index contributed by atoms with van der Waals surface area (Å²) in [5.41, 5.74) is 10.0. The smallest absolute Gasteiger partial charge is 0.494 e. The van der Waals surface area contributed by atoms with Crippen molar-refractivity contribution in [2.24, 2.45) is 0 Å². The number of benzene rings is 10. The maximum atomic E-state index is 7.13. The van der Waals surface area contributed by atoms with Crippen LogP contribution in [0.2, 0.25) is 0 Å². The summed E-state index contributed by atoms with van der Waals surface area (Å²) in [7, 11) is -0.627. The number of hydrogen-bond acceptors (Lipinski definition) is 3. The Bertz CT molecular complexity index is 3150. The van der Waals surface area contributed by atoms with Crippen molar-refractivity contribution in [1.29, 1.82) is 0 Å². The largest absolute Gasteiger partial charge is 0.495 e. The molecule has 1 saturated heterocycles. The van der Waals surface area contributed by atoms with Gasteiger partial charge in [0, 0.05) is 0 Å². The monoisotopic (exact) mass is 772 g/mol. The molecule has 0 aromatic heterocycles. The van der Waals surface area contributed by atoms with Crippen molar-refractivity contribution in [2.45, 2.75) is 19.1 Å². The van der Waals surface area contributed by atoms with Crippen molar-refractivity contribution < 1.29 is 14.0 Å². The van der Waals surface area contributed by atoms with E-state index in [-0.39, 0.29) is 12.2 Å². The zero-order chi connectivity index (χ0) is 40.0. The average molecular weight is 773 g/mol. The number of fused-ring (bicyclic) bond motifs is 4. The minimum absolute atomic E-state index is 0.293. The predicted molar refractivity (Wildman–Crippen MR) is 250 cm³/mol. The molecule has 11 rings (SSSR count). The van der Waals surface area contributed by atoms with Crippen LogP contribution in [0.3, 0.4) is 0 Å². The lowest BCUT2D eigenvalue weighted by Crippen LogP contribution is -2.33. The highest BCUT2D eigenvalue weighted by molar-refractivity contribution is 6.64. The first kappa shape index (κ1) is 36.1. The SMILES string of the molecule is CCOc1ccc2cc(-c3cc4ccccc4cc3-c3cc4ccccc4cc3-c3cc4ccccc4cc3B3O[C@@H](c4ccccc4)[C@H](c4ccccc4)O3)ccc2c1. The fourth-order valence-corrected chi connectivity index (χ4v) is 9.10. The summed E-state index contributed by atoms with van der Waals surface area (Å²) in [5, 5.41) is 9.36. The van der Waals surface area contributed by atoms with E-state index in [9.17, 15) is 0 Å². The zero-order valence-electron chi connectivity index (χ0n) is 33.3. The van der Waals surface area contributed by atoms with Crippen LogP contribution >= 0.6 is 0 Å². The highest BCUT2D eigenvalue weighted by atomic mass is 16.7. The molecule has 3 nitrogen and oxygen atoms in total. The van der Waals surface area contributed by atoms with Gasteiger partial charge < -0.3 is 14.0 Å². The first-order chi connectivity index (χ1) is 29.7. The molecule has 2 atom stereocenters. The predicted octanol–water partition coefficient (Wildman–Crippen LogP) is 13.9. The molecular weight excluding hydrogens is 731 g/mol. The first-order valence-electron chi connectivity index (χ1n) is 20.8. The normalized spacial score (nSPS) is 15.3. The molecule has 1 aliphatic heterocycles. The Hall–Kier alpha value is -6.98. The van der Waals surface area contributed by atoms with Gasteiger partial charge in [0.1, 0.15) is 5.75 Å². The molecular formula is C56H41BO3. The van der Waals surface area contributed by atoms with Crippen molar-refractivity contribution in [3.05, 3.63) is 217 Å². The Morgan fingerprint density at radius 3 is 1.32 bits per heavy atom. The van der Waals surface area contributed by atoms with E-state index in [1.165, 1.54) is 32.5 Å². The summed E-state index contributed by atoms with van der Waals surface area (Å²) < 4.78 is 20.1. The molecule has 1 heterocycles. The third-order valence-electron chi connectivity index (χ3n) is 12.0. The minimum Gasteiger partial charge on any atom is -0.494 e. The van der Waals surface area contributed by atoms with E-state index in [1.807, 2.05) is 19.1 Å². The molecule has 286 valence electrons. The summed E-state index contributed by atoms with van der Waals surface area (Å²) in [6.45, 7) is 2.66. The maximum Gasteiger partial charge on any atom is 0.495 e. The fraction of sp³-hybridized carbons (Fsp3) is 0.0714. The lowest BCUT2D eigenvalue weighted by atomic mass is 9.72. The van der Waals surface area contributed by atoms with E-state index >= 15 is 0 Å². The van der Waals surface area contributed by atoms with Gasteiger partial charge in [-0.25, -0.2) is 0 Å². The Morgan fingerprint density at radius 2 is 0.783 bits per heavy atom. The Balaban J connectivity index is 1.15. The van der Waals surface area contributed by atoms with E-state index in [1.54, 1.807) is 0 Å². The second-order valence-corrected chi connectivity index (χ2v) is 15.7. The first-order valence-corrected chi connectivity index (χ1v) is 20.8. The van der Waals surface area contributed by atoms with Gasteiger partial charge in [0.05, 0.1) is 18.8 Å². The standard InChI is InChI=1S/C56H41BO3/c1-2-58-48-28-27-45-29-47(26-25-46(45)30-48)49-31-39-19-9-10-20-40(39)32-50(49)51-33-41-21-11-12-22-42(41)34-52(51)53-35-43-23-13-14-24-44(43)36-54(53)57-59-55(37-15-5-3-6-16-37)56(60-57)38-17-7-4-8-18-38/h3-36,55-56H,2H2,1H3/t55-,56-/m0/s1. The van der Waals surface area contributed by atoms with Gasteiger partial charge in [0.25, 0.3) is 0 Å². The molecule has 4 heteroatoms. The van der Waals surface area contributed by atoms with E-state index in [0.29, 0.717) is 6.61 Å². The van der Waals surface area contributed by atoms with Crippen LogP contribution in [0, 0.1) is 0 Å². The second-order valence-electron chi connectivity index (χ2n) is 15.7. The van der Waals surface area contributed by atoms with Gasteiger partial charge in [0.15, 0.2) is 0 Å². The average Bonchev–Trinajstić information content (AvgIpc) is 3.76. The molecule has 10 aromatic carbocycles. The second kappa shape index (κ2) is 15.3. The quantitative estimate of drug-likeness (QED) is 0.144.